The van der Waals surface area contributed by atoms with Crippen molar-refractivity contribution in [2.45, 2.75) is 31.6 Å². The van der Waals surface area contributed by atoms with Gasteiger partial charge in [-0.25, -0.2) is 14.6 Å². The number of benzene rings is 1. The second-order valence-electron chi connectivity index (χ2n) is 7.96. The van der Waals surface area contributed by atoms with E-state index < -0.39 is 61.2 Å². The molecular formula is C24H26N2O10. The number of esters is 2. The van der Waals surface area contributed by atoms with E-state index >= 15 is 0 Å². The van der Waals surface area contributed by atoms with Gasteiger partial charge in [0.05, 0.1) is 13.0 Å². The first-order valence-electron chi connectivity index (χ1n) is 11.0. The molecule has 3 rings (SSSR count). The largest absolute Gasteiger partial charge is 0.493 e. The maximum atomic E-state index is 13.0. The van der Waals surface area contributed by atoms with Crippen LogP contribution in [-0.4, -0.2) is 77.6 Å². The summed E-state index contributed by atoms with van der Waals surface area (Å²) < 4.78 is 20.9. The van der Waals surface area contributed by atoms with Crippen LogP contribution >= 0.6 is 0 Å². The van der Waals surface area contributed by atoms with E-state index in [-0.39, 0.29) is 23.6 Å². The third-order valence-corrected chi connectivity index (χ3v) is 5.42. The van der Waals surface area contributed by atoms with Crippen molar-refractivity contribution >= 4 is 23.8 Å². The second kappa shape index (κ2) is 12.0. The Morgan fingerprint density at radius 2 is 1.89 bits per heavy atom. The fraction of sp³-hybridized carbons (Fsp3) is 0.375. The minimum atomic E-state index is -1.44. The first-order chi connectivity index (χ1) is 17.2. The molecule has 4 atom stereocenters. The molecule has 0 unspecified atom stereocenters. The SMILES string of the molecule is COc1ccnc(C(=O)N[C@H]2COC(=O)[C@H](Cc3ccccc3)[C@@H](O)[C@H](C)OC2=O)c1OCC(=O)O. The van der Waals surface area contributed by atoms with Crippen molar-refractivity contribution in [1.29, 1.82) is 0 Å². The molecule has 0 bridgehead atoms. The number of pyridine rings is 1. The number of carboxylic acids is 1. The Labute approximate surface area is 206 Å². The molecule has 1 fully saturated rings. The number of hydrogen-bond donors (Lipinski definition) is 3. The Morgan fingerprint density at radius 3 is 2.56 bits per heavy atom. The number of cyclic esters (lactones) is 2. The lowest BCUT2D eigenvalue weighted by Crippen LogP contribution is -2.46. The highest BCUT2D eigenvalue weighted by Gasteiger charge is 2.39. The van der Waals surface area contributed by atoms with Crippen molar-refractivity contribution in [3.63, 3.8) is 0 Å². The fourth-order valence-electron chi connectivity index (χ4n) is 3.57. The number of rotatable bonds is 8. The Morgan fingerprint density at radius 1 is 1.17 bits per heavy atom. The first-order valence-corrected chi connectivity index (χ1v) is 11.0. The Bertz CT molecular complexity index is 1110. The van der Waals surface area contributed by atoms with Gasteiger partial charge in [-0.1, -0.05) is 30.3 Å². The van der Waals surface area contributed by atoms with Crippen LogP contribution in [0.1, 0.15) is 23.0 Å². The molecule has 0 aliphatic carbocycles. The minimum absolute atomic E-state index is 0.0420. The molecular weight excluding hydrogens is 476 g/mol. The number of carbonyl (C=O) groups is 4. The summed E-state index contributed by atoms with van der Waals surface area (Å²) in [7, 11) is 1.29. The van der Waals surface area contributed by atoms with E-state index in [1.807, 2.05) is 6.07 Å². The van der Waals surface area contributed by atoms with E-state index in [1.54, 1.807) is 24.3 Å². The Balaban J connectivity index is 1.80. The summed E-state index contributed by atoms with van der Waals surface area (Å²) in [5.74, 6) is -5.15. The molecule has 12 nitrogen and oxygen atoms in total. The summed E-state index contributed by atoms with van der Waals surface area (Å²) >= 11 is 0. The molecule has 1 aromatic heterocycles. The molecule has 1 saturated heterocycles. The first kappa shape index (κ1) is 26.4. The van der Waals surface area contributed by atoms with Gasteiger partial charge in [-0.3, -0.25) is 9.59 Å². The van der Waals surface area contributed by atoms with Gasteiger partial charge in [0, 0.05) is 12.3 Å². The normalized spacial score (nSPS) is 22.2. The zero-order valence-electron chi connectivity index (χ0n) is 19.6. The summed E-state index contributed by atoms with van der Waals surface area (Å²) in [4.78, 5) is 53.3. The van der Waals surface area contributed by atoms with Crippen molar-refractivity contribution in [3.8, 4) is 11.5 Å². The van der Waals surface area contributed by atoms with Crippen molar-refractivity contribution in [2.75, 3.05) is 20.3 Å². The highest BCUT2D eigenvalue weighted by molar-refractivity contribution is 5.98. The number of amides is 1. The zero-order chi connectivity index (χ0) is 26.2. The van der Waals surface area contributed by atoms with Gasteiger partial charge in [0.25, 0.3) is 5.91 Å². The molecule has 1 aliphatic rings. The van der Waals surface area contributed by atoms with Crippen molar-refractivity contribution < 1.29 is 48.3 Å². The van der Waals surface area contributed by atoms with Crippen LogP contribution in [0.25, 0.3) is 0 Å². The third kappa shape index (κ3) is 6.48. The average molecular weight is 502 g/mol. The van der Waals surface area contributed by atoms with Gasteiger partial charge in [-0.2, -0.15) is 0 Å². The van der Waals surface area contributed by atoms with Gasteiger partial charge in [0.2, 0.25) is 0 Å². The van der Waals surface area contributed by atoms with E-state index in [2.05, 4.69) is 10.3 Å². The van der Waals surface area contributed by atoms with Gasteiger partial charge in [0.1, 0.15) is 18.8 Å². The minimum Gasteiger partial charge on any atom is -0.493 e. The number of nitrogens with one attached hydrogen (secondary N) is 1. The summed E-state index contributed by atoms with van der Waals surface area (Å²) in [6.45, 7) is 0.0898. The molecule has 1 aliphatic heterocycles. The molecule has 192 valence electrons. The number of aliphatic hydroxyl groups is 1. The van der Waals surface area contributed by atoms with Gasteiger partial charge < -0.3 is 34.5 Å². The van der Waals surface area contributed by atoms with Crippen molar-refractivity contribution in [2.24, 2.45) is 5.92 Å². The average Bonchev–Trinajstić information content (AvgIpc) is 2.90. The molecule has 1 amide bonds. The molecule has 1 aromatic carbocycles. The lowest BCUT2D eigenvalue weighted by Gasteiger charge is -2.25. The van der Waals surface area contributed by atoms with Crippen LogP contribution in [-0.2, 0) is 30.3 Å². The summed E-state index contributed by atoms with van der Waals surface area (Å²) in [6, 6.07) is 8.90. The standard InChI is InChI=1S/C24H26N2O10/c1-13-20(29)15(10-14-6-4-3-5-7-14)23(31)35-11-16(24(32)36-13)26-22(30)19-21(34-12-18(27)28)17(33-2)8-9-25-19/h3-9,13,15-16,20,29H,10-12H2,1-2H3,(H,26,30)(H,27,28)/t13-,15+,16-,20-/m0/s1. The molecule has 3 N–H and O–H groups in total. The van der Waals surface area contributed by atoms with Gasteiger partial charge >= 0.3 is 17.9 Å². The van der Waals surface area contributed by atoms with E-state index in [1.165, 1.54) is 26.3 Å². The lowest BCUT2D eigenvalue weighted by atomic mass is 9.91. The predicted molar refractivity (Wildman–Crippen MR) is 121 cm³/mol. The molecule has 2 heterocycles. The van der Waals surface area contributed by atoms with Crippen LogP contribution in [0.2, 0.25) is 0 Å². The lowest BCUT2D eigenvalue weighted by molar-refractivity contribution is -0.159. The number of nitrogens with zero attached hydrogens (tertiary/aromatic N) is 1. The number of aromatic nitrogens is 1. The number of methoxy groups -OCH3 is 1. The predicted octanol–water partition coefficient (Wildman–Crippen LogP) is 0.360. The van der Waals surface area contributed by atoms with E-state index in [9.17, 15) is 24.3 Å². The number of carboxylic acid groups (broad SMARTS) is 1. The number of carbonyl (C=O) groups excluding carboxylic acids is 3. The molecule has 0 radical (unpaired) electrons. The second-order valence-corrected chi connectivity index (χ2v) is 7.96. The molecule has 12 heteroatoms. The van der Waals surface area contributed by atoms with Crippen molar-refractivity contribution in [3.05, 3.63) is 53.9 Å². The Hall–Kier alpha value is -4.19. The number of aliphatic carboxylic acids is 1. The maximum Gasteiger partial charge on any atom is 0.341 e. The zero-order valence-corrected chi connectivity index (χ0v) is 19.6. The quantitative estimate of drug-likeness (QED) is 0.426. The van der Waals surface area contributed by atoms with E-state index in [0.29, 0.717) is 0 Å². The highest BCUT2D eigenvalue weighted by atomic mass is 16.6. The monoisotopic (exact) mass is 502 g/mol. The van der Waals surface area contributed by atoms with E-state index in [0.717, 1.165) is 5.56 Å². The van der Waals surface area contributed by atoms with Crippen LogP contribution in [0.4, 0.5) is 0 Å². The number of ether oxygens (including phenoxy) is 4. The summed E-state index contributed by atoms with van der Waals surface area (Å²) in [5, 5.41) is 22.0. The summed E-state index contributed by atoms with van der Waals surface area (Å²) in [6.07, 6.45) is -1.05. The molecule has 2 aromatic rings. The van der Waals surface area contributed by atoms with Crippen LogP contribution in [0.15, 0.2) is 42.6 Å². The molecule has 0 saturated carbocycles. The number of hydrogen-bond acceptors (Lipinski definition) is 10. The topological polar surface area (TPSA) is 171 Å². The smallest absolute Gasteiger partial charge is 0.341 e. The van der Waals surface area contributed by atoms with E-state index in [4.69, 9.17) is 24.1 Å². The van der Waals surface area contributed by atoms with Crippen LogP contribution in [0.5, 0.6) is 11.5 Å². The molecule has 36 heavy (non-hydrogen) atoms. The summed E-state index contributed by atoms with van der Waals surface area (Å²) in [5.41, 5.74) is 0.420. The molecule has 0 spiro atoms. The van der Waals surface area contributed by atoms with Crippen LogP contribution in [0.3, 0.4) is 0 Å². The number of aliphatic hydroxyl groups excluding tert-OH is 1. The maximum absolute atomic E-state index is 13.0. The van der Waals surface area contributed by atoms with Gasteiger partial charge in [-0.05, 0) is 18.9 Å². The van der Waals surface area contributed by atoms with Crippen molar-refractivity contribution in [1.82, 2.24) is 10.3 Å². The van der Waals surface area contributed by atoms with Crippen LogP contribution in [0, 0.1) is 5.92 Å². The highest BCUT2D eigenvalue weighted by Crippen LogP contribution is 2.29. The fourth-order valence-corrected chi connectivity index (χ4v) is 3.57. The van der Waals surface area contributed by atoms with Gasteiger partial charge in [0.15, 0.2) is 29.8 Å². The van der Waals surface area contributed by atoms with Crippen LogP contribution < -0.4 is 14.8 Å². The Kier molecular flexibility index (Phi) is 8.79. The van der Waals surface area contributed by atoms with Gasteiger partial charge in [-0.15, -0.1) is 0 Å². The third-order valence-electron chi connectivity index (χ3n) is 5.42.